The van der Waals surface area contributed by atoms with Gasteiger partial charge in [-0.05, 0) is 43.4 Å². The molecule has 0 spiro atoms. The molecule has 0 radical (unpaired) electrons. The summed E-state index contributed by atoms with van der Waals surface area (Å²) >= 11 is 12.0. The Labute approximate surface area is 178 Å². The minimum Gasteiger partial charge on any atom is -0.343 e. The summed E-state index contributed by atoms with van der Waals surface area (Å²) in [4.78, 5) is 31.8. The molecule has 1 N–H and O–H groups in total. The molecule has 9 heteroatoms. The maximum absolute atomic E-state index is 12.9. The molecule has 2 heterocycles. The molecule has 1 aliphatic heterocycles. The Kier molecular flexibility index (Phi) is 5.53. The molecule has 2 amide bonds. The van der Waals surface area contributed by atoms with Crippen LogP contribution < -0.4 is 10.2 Å². The number of hydrogen-bond donors (Lipinski definition) is 1. The average molecular weight is 437 g/mol. The van der Waals surface area contributed by atoms with Gasteiger partial charge in [-0.15, -0.1) is 0 Å². The number of halogens is 2. The summed E-state index contributed by atoms with van der Waals surface area (Å²) in [5, 5.41) is 7.76. The van der Waals surface area contributed by atoms with Crippen molar-refractivity contribution >= 4 is 40.7 Å². The van der Waals surface area contributed by atoms with Gasteiger partial charge in [0.1, 0.15) is 12.0 Å². The molecular weight excluding hydrogens is 415 g/mol. The number of rotatable bonds is 6. The van der Waals surface area contributed by atoms with Crippen molar-refractivity contribution < 1.29 is 14.1 Å². The van der Waals surface area contributed by atoms with Crippen LogP contribution in [0.5, 0.6) is 0 Å². The van der Waals surface area contributed by atoms with Gasteiger partial charge in [0.15, 0.2) is 5.82 Å². The van der Waals surface area contributed by atoms with Crippen LogP contribution in [0.4, 0.5) is 5.69 Å². The molecule has 1 saturated heterocycles. The summed E-state index contributed by atoms with van der Waals surface area (Å²) in [7, 11) is 0. The summed E-state index contributed by atoms with van der Waals surface area (Å²) < 4.78 is 5.40. The summed E-state index contributed by atoms with van der Waals surface area (Å²) in [6, 6.07) is 4.56. The van der Waals surface area contributed by atoms with Gasteiger partial charge in [0, 0.05) is 18.2 Å². The molecule has 4 rings (SSSR count). The fraction of sp³-hybridized carbons (Fsp3) is 0.500. The lowest BCUT2D eigenvalue weighted by molar-refractivity contribution is -0.133. The van der Waals surface area contributed by atoms with Crippen LogP contribution in [0.1, 0.15) is 56.8 Å². The van der Waals surface area contributed by atoms with Gasteiger partial charge in [0.25, 0.3) is 0 Å². The molecule has 2 aromatic rings. The molecule has 1 aromatic heterocycles. The van der Waals surface area contributed by atoms with E-state index in [1.54, 1.807) is 23.1 Å². The summed E-state index contributed by atoms with van der Waals surface area (Å²) in [6.07, 6.45) is 2.56. The Bertz CT molecular complexity index is 942. The minimum absolute atomic E-state index is 0.0362. The number of nitrogens with one attached hydrogen (secondary N) is 1. The van der Waals surface area contributed by atoms with E-state index in [0.717, 1.165) is 12.8 Å². The first-order chi connectivity index (χ1) is 13.8. The first kappa shape index (κ1) is 20.2. The Morgan fingerprint density at radius 1 is 1.24 bits per heavy atom. The monoisotopic (exact) mass is 436 g/mol. The van der Waals surface area contributed by atoms with Crippen LogP contribution in [0.3, 0.4) is 0 Å². The highest BCUT2D eigenvalue weighted by atomic mass is 35.5. The Balaban J connectivity index is 1.46. The third-order valence-corrected chi connectivity index (χ3v) is 6.11. The van der Waals surface area contributed by atoms with Gasteiger partial charge in [-0.1, -0.05) is 42.2 Å². The highest BCUT2D eigenvalue weighted by Gasteiger charge is 2.40. The highest BCUT2D eigenvalue weighted by Crippen LogP contribution is 2.39. The smallest absolute Gasteiger partial charge is 0.249 e. The lowest BCUT2D eigenvalue weighted by atomic mass is 10.0. The molecule has 2 atom stereocenters. The van der Waals surface area contributed by atoms with Crippen molar-refractivity contribution in [3.63, 3.8) is 0 Å². The topological polar surface area (TPSA) is 88.3 Å². The quantitative estimate of drug-likeness (QED) is 0.687. The maximum atomic E-state index is 12.9. The van der Waals surface area contributed by atoms with Crippen molar-refractivity contribution in [2.45, 2.75) is 45.1 Å². The molecule has 1 saturated carbocycles. The molecule has 29 heavy (non-hydrogen) atoms. The second-order valence-electron chi connectivity index (χ2n) is 7.92. The summed E-state index contributed by atoms with van der Waals surface area (Å²) in [5.74, 6) is 0.137. The van der Waals surface area contributed by atoms with E-state index in [-0.39, 0.29) is 17.7 Å². The molecule has 0 bridgehead atoms. The number of nitrogens with zero attached hydrogens (tertiary/aromatic N) is 3. The maximum Gasteiger partial charge on any atom is 0.249 e. The first-order valence-electron chi connectivity index (χ1n) is 9.75. The minimum atomic E-state index is -0.767. The SMILES string of the molecule is CC(C)C(NC(=O)C1CCN(c2ccc(Cl)c(Cl)c2)C1=O)c1nc(C2CC2)no1. The Morgan fingerprint density at radius 2 is 2.00 bits per heavy atom. The first-order valence-corrected chi connectivity index (χ1v) is 10.5. The normalized spacial score (nSPS) is 20.4. The number of carbonyl (C=O) groups excluding carboxylic acids is 2. The van der Waals surface area contributed by atoms with E-state index in [2.05, 4.69) is 15.5 Å². The predicted molar refractivity (Wildman–Crippen MR) is 109 cm³/mol. The number of hydrogen-bond acceptors (Lipinski definition) is 5. The molecule has 1 aromatic carbocycles. The van der Waals surface area contributed by atoms with Gasteiger partial charge >= 0.3 is 0 Å². The molecule has 2 unspecified atom stereocenters. The zero-order valence-corrected chi connectivity index (χ0v) is 17.7. The Hall–Kier alpha value is -2.12. The van der Waals surface area contributed by atoms with Crippen LogP contribution >= 0.6 is 23.2 Å². The van der Waals surface area contributed by atoms with E-state index in [4.69, 9.17) is 27.7 Å². The van der Waals surface area contributed by atoms with Gasteiger partial charge < -0.3 is 14.7 Å². The average Bonchev–Trinajstić information content (AvgIpc) is 3.29. The number of aromatic nitrogens is 2. The summed E-state index contributed by atoms with van der Waals surface area (Å²) in [6.45, 7) is 4.36. The van der Waals surface area contributed by atoms with Crippen LogP contribution in [0.25, 0.3) is 0 Å². The molecule has 7 nitrogen and oxygen atoms in total. The van der Waals surface area contributed by atoms with E-state index in [9.17, 15) is 9.59 Å². The van der Waals surface area contributed by atoms with Crippen LogP contribution in [0.15, 0.2) is 22.7 Å². The van der Waals surface area contributed by atoms with E-state index in [1.165, 1.54) is 0 Å². The Morgan fingerprint density at radius 3 is 2.66 bits per heavy atom. The lowest BCUT2D eigenvalue weighted by Gasteiger charge is -2.21. The molecule has 154 valence electrons. The van der Waals surface area contributed by atoms with E-state index < -0.39 is 12.0 Å². The largest absolute Gasteiger partial charge is 0.343 e. The van der Waals surface area contributed by atoms with Crippen molar-refractivity contribution in [2.24, 2.45) is 11.8 Å². The zero-order valence-electron chi connectivity index (χ0n) is 16.2. The van der Waals surface area contributed by atoms with E-state index in [1.807, 2.05) is 13.8 Å². The standard InChI is InChI=1S/C20H22Cl2N4O3/c1-10(2)16(19-24-17(25-29-19)11-3-4-11)23-18(27)13-7-8-26(20(13)28)12-5-6-14(21)15(22)9-12/h5-6,9-11,13,16H,3-4,7-8H2,1-2H3,(H,23,27). The number of carbonyl (C=O) groups is 2. The third kappa shape index (κ3) is 4.12. The predicted octanol–water partition coefficient (Wildman–Crippen LogP) is 4.12. The van der Waals surface area contributed by atoms with Crippen molar-refractivity contribution in [3.8, 4) is 0 Å². The van der Waals surface area contributed by atoms with Crippen molar-refractivity contribution in [1.29, 1.82) is 0 Å². The number of amides is 2. The van der Waals surface area contributed by atoms with Crippen LogP contribution in [-0.4, -0.2) is 28.5 Å². The van der Waals surface area contributed by atoms with Crippen molar-refractivity contribution in [1.82, 2.24) is 15.5 Å². The molecule has 2 fully saturated rings. The second-order valence-corrected chi connectivity index (χ2v) is 8.74. The fourth-order valence-corrected chi connectivity index (χ4v) is 3.77. The molecule has 1 aliphatic carbocycles. The van der Waals surface area contributed by atoms with Crippen LogP contribution in [-0.2, 0) is 9.59 Å². The number of benzene rings is 1. The van der Waals surface area contributed by atoms with Gasteiger partial charge in [0.05, 0.1) is 10.0 Å². The van der Waals surface area contributed by atoms with Gasteiger partial charge in [0.2, 0.25) is 17.7 Å². The molecule has 2 aliphatic rings. The summed E-state index contributed by atoms with van der Waals surface area (Å²) in [5.41, 5.74) is 0.631. The van der Waals surface area contributed by atoms with E-state index in [0.29, 0.717) is 46.3 Å². The van der Waals surface area contributed by atoms with E-state index >= 15 is 0 Å². The lowest BCUT2D eigenvalue weighted by Crippen LogP contribution is -2.40. The number of anilines is 1. The van der Waals surface area contributed by atoms with Gasteiger partial charge in [-0.3, -0.25) is 9.59 Å². The molecular formula is C20H22Cl2N4O3. The van der Waals surface area contributed by atoms with Crippen molar-refractivity contribution in [2.75, 3.05) is 11.4 Å². The van der Waals surface area contributed by atoms with Gasteiger partial charge in [-0.2, -0.15) is 4.98 Å². The highest BCUT2D eigenvalue weighted by molar-refractivity contribution is 6.42. The van der Waals surface area contributed by atoms with Gasteiger partial charge in [-0.25, -0.2) is 0 Å². The fourth-order valence-electron chi connectivity index (χ4n) is 3.48. The van der Waals surface area contributed by atoms with Crippen LogP contribution in [0, 0.1) is 11.8 Å². The zero-order chi connectivity index (χ0) is 20.7. The second kappa shape index (κ2) is 7.95. The third-order valence-electron chi connectivity index (χ3n) is 5.37. The van der Waals surface area contributed by atoms with Crippen LogP contribution in [0.2, 0.25) is 10.0 Å². The van der Waals surface area contributed by atoms with Crippen molar-refractivity contribution in [3.05, 3.63) is 40.0 Å².